The highest BCUT2D eigenvalue weighted by Gasteiger charge is 2.43. The molecule has 164 valence electrons. The zero-order valence-corrected chi connectivity index (χ0v) is 18.2. The second-order valence-corrected chi connectivity index (χ2v) is 9.30. The molecule has 0 bridgehead atoms. The van der Waals surface area contributed by atoms with Crippen LogP contribution in [0.15, 0.2) is 34.9 Å². The number of nitrogens with zero attached hydrogens (tertiary/aromatic N) is 3. The second-order valence-electron chi connectivity index (χ2n) is 9.30. The smallest absolute Gasteiger partial charge is 0.276 e. The van der Waals surface area contributed by atoms with Gasteiger partial charge < -0.3 is 19.1 Å². The van der Waals surface area contributed by atoms with E-state index in [1.807, 2.05) is 47.2 Å². The molecule has 1 spiro atoms. The predicted octanol–water partition coefficient (Wildman–Crippen LogP) is 3.75. The molecule has 2 fully saturated rings. The van der Waals surface area contributed by atoms with Gasteiger partial charge in [-0.3, -0.25) is 9.59 Å². The van der Waals surface area contributed by atoms with Crippen molar-refractivity contribution in [2.45, 2.75) is 69.6 Å². The van der Waals surface area contributed by atoms with Gasteiger partial charge in [0.05, 0.1) is 6.54 Å². The molecule has 2 amide bonds. The summed E-state index contributed by atoms with van der Waals surface area (Å²) in [6.45, 7) is 2.60. The van der Waals surface area contributed by atoms with Gasteiger partial charge in [-0.05, 0) is 44.6 Å². The van der Waals surface area contributed by atoms with Gasteiger partial charge in [0, 0.05) is 44.1 Å². The highest BCUT2D eigenvalue weighted by Crippen LogP contribution is 2.41. The summed E-state index contributed by atoms with van der Waals surface area (Å²) in [5.41, 5.74) is 0.919. The summed E-state index contributed by atoms with van der Waals surface area (Å²) in [5, 5.41) is 4.08. The standard InChI is InChI=1S/C24H29N3O4/c1-16(28)26(2)19-9-11-24(12-10-19)15-27(14-18-5-3-4-6-21(18)30-24)23(29)20-13-22(31-25-20)17-7-8-17/h3-6,13,17,19H,7-12,14-15H2,1-2H3. The minimum atomic E-state index is -0.459. The second kappa shape index (κ2) is 7.70. The fraction of sp³-hybridized carbons (Fsp3) is 0.542. The molecule has 0 unspecified atom stereocenters. The van der Waals surface area contributed by atoms with Gasteiger partial charge in [0.2, 0.25) is 5.91 Å². The van der Waals surface area contributed by atoms with Crippen molar-refractivity contribution >= 4 is 11.8 Å². The molecule has 2 aliphatic carbocycles. The quantitative estimate of drug-likeness (QED) is 0.752. The highest BCUT2D eigenvalue weighted by atomic mass is 16.5. The maximum absolute atomic E-state index is 13.4. The van der Waals surface area contributed by atoms with Crippen molar-refractivity contribution in [1.29, 1.82) is 0 Å². The summed E-state index contributed by atoms with van der Waals surface area (Å²) in [5.74, 6) is 2.05. The van der Waals surface area contributed by atoms with Crippen LogP contribution in [0.2, 0.25) is 0 Å². The monoisotopic (exact) mass is 423 g/mol. The van der Waals surface area contributed by atoms with Gasteiger partial charge in [-0.25, -0.2) is 0 Å². The molecule has 7 nitrogen and oxygen atoms in total. The summed E-state index contributed by atoms with van der Waals surface area (Å²) in [6.07, 6.45) is 5.50. The molecule has 5 rings (SSSR count). The van der Waals surface area contributed by atoms with Crippen LogP contribution in [0, 0.1) is 0 Å². The number of aromatic nitrogens is 1. The minimum Gasteiger partial charge on any atom is -0.485 e. The van der Waals surface area contributed by atoms with Crippen molar-refractivity contribution in [2.75, 3.05) is 13.6 Å². The maximum atomic E-state index is 13.4. The van der Waals surface area contributed by atoms with Crippen molar-refractivity contribution in [3.63, 3.8) is 0 Å². The molecule has 2 aromatic rings. The van der Waals surface area contributed by atoms with Crippen LogP contribution < -0.4 is 4.74 Å². The number of hydrogen-bond acceptors (Lipinski definition) is 5. The highest BCUT2D eigenvalue weighted by molar-refractivity contribution is 5.92. The third-order valence-corrected chi connectivity index (χ3v) is 7.06. The lowest BCUT2D eigenvalue weighted by Gasteiger charge is -2.43. The Morgan fingerprint density at radius 3 is 2.61 bits per heavy atom. The SMILES string of the molecule is CC(=O)N(C)C1CCC2(CC1)CN(C(=O)c1cc(C3CC3)on1)Cc1ccccc1O2. The van der Waals surface area contributed by atoms with Crippen LogP contribution in [0.4, 0.5) is 0 Å². The van der Waals surface area contributed by atoms with Crippen LogP contribution in [0.3, 0.4) is 0 Å². The summed E-state index contributed by atoms with van der Waals surface area (Å²) in [7, 11) is 1.87. The van der Waals surface area contributed by atoms with Gasteiger partial charge in [-0.2, -0.15) is 0 Å². The number of ether oxygens (including phenoxy) is 1. The normalized spacial score (nSPS) is 25.5. The van der Waals surface area contributed by atoms with Crippen LogP contribution in [0.25, 0.3) is 0 Å². The third kappa shape index (κ3) is 3.93. The first-order chi connectivity index (χ1) is 14.9. The lowest BCUT2D eigenvalue weighted by atomic mass is 9.81. The molecule has 0 radical (unpaired) electrons. The maximum Gasteiger partial charge on any atom is 0.276 e. The van der Waals surface area contributed by atoms with Gasteiger partial charge in [0.1, 0.15) is 17.1 Å². The molecule has 0 N–H and O–H groups in total. The molecule has 3 aliphatic rings. The first kappa shape index (κ1) is 20.1. The Bertz CT molecular complexity index is 988. The third-order valence-electron chi connectivity index (χ3n) is 7.06. The largest absolute Gasteiger partial charge is 0.485 e. The number of para-hydroxylation sites is 1. The molecular formula is C24H29N3O4. The average Bonchev–Trinajstić information content (AvgIpc) is 3.53. The Morgan fingerprint density at radius 1 is 1.16 bits per heavy atom. The van der Waals surface area contributed by atoms with E-state index in [1.54, 1.807) is 6.92 Å². The van der Waals surface area contributed by atoms with E-state index in [0.29, 0.717) is 24.7 Å². The van der Waals surface area contributed by atoms with E-state index in [9.17, 15) is 9.59 Å². The molecule has 2 saturated carbocycles. The Hall–Kier alpha value is -2.83. The summed E-state index contributed by atoms with van der Waals surface area (Å²) in [4.78, 5) is 28.9. The molecule has 2 heterocycles. The first-order valence-corrected chi connectivity index (χ1v) is 11.2. The predicted molar refractivity (Wildman–Crippen MR) is 114 cm³/mol. The number of carbonyl (C=O) groups is 2. The summed E-state index contributed by atoms with van der Waals surface area (Å²) < 4.78 is 12.0. The Labute approximate surface area is 182 Å². The lowest BCUT2D eigenvalue weighted by Crippen LogP contribution is -2.52. The molecule has 1 aromatic carbocycles. The van der Waals surface area contributed by atoms with Gasteiger partial charge in [-0.1, -0.05) is 23.4 Å². The molecular weight excluding hydrogens is 394 g/mol. The van der Waals surface area contributed by atoms with Gasteiger partial charge in [0.25, 0.3) is 5.91 Å². The van der Waals surface area contributed by atoms with Crippen LogP contribution in [0.5, 0.6) is 5.75 Å². The fourth-order valence-corrected chi connectivity index (χ4v) is 4.90. The Balaban J connectivity index is 1.40. The molecule has 1 aliphatic heterocycles. The van der Waals surface area contributed by atoms with E-state index in [1.165, 1.54) is 0 Å². The lowest BCUT2D eigenvalue weighted by molar-refractivity contribution is -0.131. The number of benzene rings is 1. The van der Waals surface area contributed by atoms with Crippen molar-refractivity contribution in [3.8, 4) is 5.75 Å². The van der Waals surface area contributed by atoms with Crippen molar-refractivity contribution in [2.24, 2.45) is 0 Å². The molecule has 7 heteroatoms. The van der Waals surface area contributed by atoms with E-state index in [-0.39, 0.29) is 17.9 Å². The zero-order valence-electron chi connectivity index (χ0n) is 18.2. The van der Waals surface area contributed by atoms with Crippen molar-refractivity contribution in [1.82, 2.24) is 15.0 Å². The number of fused-ring (bicyclic) bond motifs is 1. The van der Waals surface area contributed by atoms with Gasteiger partial charge in [-0.15, -0.1) is 0 Å². The zero-order chi connectivity index (χ0) is 21.6. The number of hydrogen-bond donors (Lipinski definition) is 0. The number of carbonyl (C=O) groups excluding carboxylic acids is 2. The fourth-order valence-electron chi connectivity index (χ4n) is 4.90. The molecule has 31 heavy (non-hydrogen) atoms. The average molecular weight is 424 g/mol. The van der Waals surface area contributed by atoms with Gasteiger partial charge >= 0.3 is 0 Å². The van der Waals surface area contributed by atoms with Crippen molar-refractivity contribution in [3.05, 3.63) is 47.3 Å². The Morgan fingerprint density at radius 2 is 1.90 bits per heavy atom. The molecule has 0 atom stereocenters. The van der Waals surface area contributed by atoms with E-state index in [0.717, 1.165) is 55.6 Å². The van der Waals surface area contributed by atoms with Crippen LogP contribution >= 0.6 is 0 Å². The summed E-state index contributed by atoms with van der Waals surface area (Å²) in [6, 6.07) is 9.97. The number of rotatable bonds is 3. The molecule has 1 aromatic heterocycles. The van der Waals surface area contributed by atoms with E-state index >= 15 is 0 Å². The van der Waals surface area contributed by atoms with Crippen LogP contribution in [-0.4, -0.2) is 52.0 Å². The summed E-state index contributed by atoms with van der Waals surface area (Å²) >= 11 is 0. The van der Waals surface area contributed by atoms with E-state index in [2.05, 4.69) is 5.16 Å². The number of amides is 2. The topological polar surface area (TPSA) is 75.9 Å². The van der Waals surface area contributed by atoms with E-state index in [4.69, 9.17) is 9.26 Å². The van der Waals surface area contributed by atoms with Crippen LogP contribution in [0.1, 0.15) is 73.2 Å². The Kier molecular flexibility index (Phi) is 4.99. The minimum absolute atomic E-state index is 0.0855. The van der Waals surface area contributed by atoms with Gasteiger partial charge in [0.15, 0.2) is 5.69 Å². The van der Waals surface area contributed by atoms with Crippen molar-refractivity contribution < 1.29 is 18.8 Å². The van der Waals surface area contributed by atoms with Crippen LogP contribution in [-0.2, 0) is 11.3 Å². The first-order valence-electron chi connectivity index (χ1n) is 11.2. The molecule has 0 saturated heterocycles. The van der Waals surface area contributed by atoms with E-state index < -0.39 is 5.60 Å².